The fraction of sp³-hybridized carbons (Fsp3) is 0.269. The molecular formula is C26H25ClN2O3. The van der Waals surface area contributed by atoms with E-state index in [2.05, 4.69) is 16.3 Å². The largest absolute Gasteiger partial charge is 0.459 e. The molecule has 0 atom stereocenters. The van der Waals surface area contributed by atoms with Crippen LogP contribution in [0.25, 0.3) is 22.3 Å². The SMILES string of the molecule is Cc1ccc2oc(=O)cc(N(Cc3ccc(-c4cccc(Cl)c4)o3)C3CCNCC3)c2c1. The number of halogens is 1. The van der Waals surface area contributed by atoms with E-state index in [4.69, 9.17) is 20.4 Å². The quantitative estimate of drug-likeness (QED) is 0.392. The van der Waals surface area contributed by atoms with Crippen LogP contribution in [0.1, 0.15) is 24.2 Å². The normalized spacial score (nSPS) is 14.7. The number of benzene rings is 2. The van der Waals surface area contributed by atoms with Crippen LogP contribution in [-0.2, 0) is 6.54 Å². The predicted molar refractivity (Wildman–Crippen MR) is 128 cm³/mol. The maximum absolute atomic E-state index is 12.4. The molecule has 5 rings (SSSR count). The minimum absolute atomic E-state index is 0.293. The lowest BCUT2D eigenvalue weighted by Gasteiger charge is -2.36. The van der Waals surface area contributed by atoms with Gasteiger partial charge in [-0.05, 0) is 69.3 Å². The minimum Gasteiger partial charge on any atom is -0.459 e. The molecule has 0 radical (unpaired) electrons. The molecule has 0 unspecified atom stereocenters. The maximum atomic E-state index is 12.4. The summed E-state index contributed by atoms with van der Waals surface area (Å²) in [6.45, 7) is 4.52. The van der Waals surface area contributed by atoms with Gasteiger partial charge in [0.15, 0.2) is 0 Å². The summed E-state index contributed by atoms with van der Waals surface area (Å²) in [4.78, 5) is 14.7. The number of fused-ring (bicyclic) bond motifs is 1. The molecule has 0 amide bonds. The molecular weight excluding hydrogens is 424 g/mol. The number of piperidine rings is 1. The molecule has 1 N–H and O–H groups in total. The highest BCUT2D eigenvalue weighted by molar-refractivity contribution is 6.30. The van der Waals surface area contributed by atoms with E-state index >= 15 is 0 Å². The third-order valence-corrected chi connectivity index (χ3v) is 6.27. The molecule has 3 heterocycles. The van der Waals surface area contributed by atoms with E-state index in [1.165, 1.54) is 0 Å². The third-order valence-electron chi connectivity index (χ3n) is 6.03. The number of hydrogen-bond donors (Lipinski definition) is 1. The van der Waals surface area contributed by atoms with E-state index < -0.39 is 0 Å². The molecule has 4 aromatic rings. The number of nitrogens with zero attached hydrogens (tertiary/aromatic N) is 1. The summed E-state index contributed by atoms with van der Waals surface area (Å²) in [6.07, 6.45) is 1.99. The predicted octanol–water partition coefficient (Wildman–Crippen LogP) is 5.77. The first-order valence-corrected chi connectivity index (χ1v) is 11.3. The lowest BCUT2D eigenvalue weighted by Crippen LogP contribution is -2.43. The topological polar surface area (TPSA) is 58.6 Å². The summed E-state index contributed by atoms with van der Waals surface area (Å²) in [5.41, 5.74) is 3.23. The van der Waals surface area contributed by atoms with Crippen LogP contribution in [0.15, 0.2) is 74.3 Å². The van der Waals surface area contributed by atoms with Crippen molar-refractivity contribution in [3.8, 4) is 11.3 Å². The van der Waals surface area contributed by atoms with Crippen molar-refractivity contribution in [1.82, 2.24) is 5.32 Å². The number of hydrogen-bond acceptors (Lipinski definition) is 5. The van der Waals surface area contributed by atoms with Gasteiger partial charge in [-0.3, -0.25) is 0 Å². The summed E-state index contributed by atoms with van der Waals surface area (Å²) >= 11 is 6.16. The molecule has 32 heavy (non-hydrogen) atoms. The van der Waals surface area contributed by atoms with Crippen molar-refractivity contribution in [3.05, 3.63) is 87.4 Å². The van der Waals surface area contributed by atoms with Gasteiger partial charge in [-0.1, -0.05) is 35.4 Å². The second kappa shape index (κ2) is 8.85. The van der Waals surface area contributed by atoms with Crippen molar-refractivity contribution < 1.29 is 8.83 Å². The van der Waals surface area contributed by atoms with Gasteiger partial charge in [-0.15, -0.1) is 0 Å². The van der Waals surface area contributed by atoms with E-state index in [-0.39, 0.29) is 5.63 Å². The lowest BCUT2D eigenvalue weighted by atomic mass is 10.0. The van der Waals surface area contributed by atoms with Crippen LogP contribution in [0.4, 0.5) is 5.69 Å². The maximum Gasteiger partial charge on any atom is 0.338 e. The molecule has 5 nitrogen and oxygen atoms in total. The van der Waals surface area contributed by atoms with Gasteiger partial charge >= 0.3 is 5.63 Å². The molecule has 0 bridgehead atoms. The Bertz CT molecular complexity index is 1300. The Morgan fingerprint density at radius 1 is 1.03 bits per heavy atom. The van der Waals surface area contributed by atoms with Gasteiger partial charge in [0.1, 0.15) is 17.1 Å². The molecule has 1 saturated heterocycles. The molecule has 0 spiro atoms. The van der Waals surface area contributed by atoms with Gasteiger partial charge in [-0.2, -0.15) is 0 Å². The summed E-state index contributed by atoms with van der Waals surface area (Å²) in [5.74, 6) is 1.62. The van der Waals surface area contributed by atoms with Crippen molar-refractivity contribution in [1.29, 1.82) is 0 Å². The van der Waals surface area contributed by atoms with E-state index in [1.807, 2.05) is 55.5 Å². The van der Waals surface area contributed by atoms with Crippen LogP contribution in [0, 0.1) is 6.92 Å². The molecule has 0 saturated carbocycles. The smallest absolute Gasteiger partial charge is 0.338 e. The van der Waals surface area contributed by atoms with Gasteiger partial charge < -0.3 is 19.1 Å². The first-order chi connectivity index (χ1) is 15.6. The molecule has 1 aliphatic rings. The zero-order chi connectivity index (χ0) is 22.1. The average molecular weight is 449 g/mol. The Hall–Kier alpha value is -3.02. The Morgan fingerprint density at radius 3 is 2.69 bits per heavy atom. The van der Waals surface area contributed by atoms with Crippen LogP contribution < -0.4 is 15.8 Å². The van der Waals surface area contributed by atoms with Crippen LogP contribution in [-0.4, -0.2) is 19.1 Å². The first-order valence-electron chi connectivity index (χ1n) is 10.9. The average Bonchev–Trinajstić information content (AvgIpc) is 3.27. The highest BCUT2D eigenvalue weighted by Gasteiger charge is 2.25. The van der Waals surface area contributed by atoms with E-state index in [9.17, 15) is 4.79 Å². The number of nitrogens with one attached hydrogen (secondary N) is 1. The van der Waals surface area contributed by atoms with E-state index in [1.54, 1.807) is 6.07 Å². The highest BCUT2D eigenvalue weighted by atomic mass is 35.5. The third kappa shape index (κ3) is 4.31. The Kier molecular flexibility index (Phi) is 5.77. The number of furan rings is 1. The van der Waals surface area contributed by atoms with Gasteiger partial charge in [-0.25, -0.2) is 4.79 Å². The first kappa shape index (κ1) is 20.9. The van der Waals surface area contributed by atoms with Crippen molar-refractivity contribution in [2.45, 2.75) is 32.4 Å². The van der Waals surface area contributed by atoms with E-state index in [0.717, 1.165) is 59.7 Å². The van der Waals surface area contributed by atoms with Crippen molar-refractivity contribution in [2.24, 2.45) is 0 Å². The van der Waals surface area contributed by atoms with Gasteiger partial charge in [0.05, 0.1) is 12.2 Å². The fourth-order valence-corrected chi connectivity index (χ4v) is 4.65. The van der Waals surface area contributed by atoms with E-state index in [0.29, 0.717) is 23.2 Å². The van der Waals surface area contributed by atoms with Crippen LogP contribution in [0.5, 0.6) is 0 Å². The van der Waals surface area contributed by atoms with Gasteiger partial charge in [0.2, 0.25) is 0 Å². The molecule has 1 fully saturated rings. The fourth-order valence-electron chi connectivity index (χ4n) is 4.45. The standard InChI is InChI=1S/C26H25ClN2O3/c1-17-5-7-25-22(13-17)23(15-26(30)32-25)29(20-9-11-28-12-10-20)16-21-6-8-24(31-21)18-3-2-4-19(27)14-18/h2-8,13-15,20,28H,9-12,16H2,1H3. The molecule has 0 aliphatic carbocycles. The molecule has 164 valence electrons. The number of aryl methyl sites for hydroxylation is 1. The van der Waals surface area contributed by atoms with Crippen LogP contribution >= 0.6 is 11.6 Å². The summed E-state index contributed by atoms with van der Waals surface area (Å²) in [5, 5.41) is 5.06. The Labute approximate surface area is 191 Å². The lowest BCUT2D eigenvalue weighted by molar-refractivity contribution is 0.412. The summed E-state index contributed by atoms with van der Waals surface area (Å²) in [7, 11) is 0. The van der Waals surface area contributed by atoms with Crippen molar-refractivity contribution >= 4 is 28.3 Å². The molecule has 6 heteroatoms. The molecule has 1 aliphatic heterocycles. The molecule has 2 aromatic carbocycles. The van der Waals surface area contributed by atoms with Crippen LogP contribution in [0.2, 0.25) is 5.02 Å². The molecule has 2 aromatic heterocycles. The number of rotatable bonds is 5. The van der Waals surface area contributed by atoms with Crippen LogP contribution in [0.3, 0.4) is 0 Å². The summed E-state index contributed by atoms with van der Waals surface area (Å²) < 4.78 is 11.7. The Balaban J connectivity index is 1.55. The zero-order valence-corrected chi connectivity index (χ0v) is 18.7. The zero-order valence-electron chi connectivity index (χ0n) is 17.9. The minimum atomic E-state index is -0.339. The Morgan fingerprint density at radius 2 is 1.88 bits per heavy atom. The highest BCUT2D eigenvalue weighted by Crippen LogP contribution is 2.32. The van der Waals surface area contributed by atoms with Gasteiger partial charge in [0.25, 0.3) is 0 Å². The second-order valence-electron chi connectivity index (χ2n) is 8.34. The number of anilines is 1. The monoisotopic (exact) mass is 448 g/mol. The summed E-state index contributed by atoms with van der Waals surface area (Å²) in [6, 6.07) is 19.5. The van der Waals surface area contributed by atoms with Crippen molar-refractivity contribution in [3.63, 3.8) is 0 Å². The van der Waals surface area contributed by atoms with Crippen molar-refractivity contribution in [2.75, 3.05) is 18.0 Å². The second-order valence-corrected chi connectivity index (χ2v) is 8.77. The van der Waals surface area contributed by atoms with Gasteiger partial charge in [0, 0.05) is 28.1 Å².